The van der Waals surface area contributed by atoms with Gasteiger partial charge in [0.25, 0.3) is 0 Å². The summed E-state index contributed by atoms with van der Waals surface area (Å²) in [5.74, 6) is 0. The van der Waals surface area contributed by atoms with Gasteiger partial charge in [0.1, 0.15) is 4.60 Å². The molecule has 0 aliphatic heterocycles. The SMILES string of the molecule is CC(C)(O)C(C)(C)c1cccc(Br)n1. The van der Waals surface area contributed by atoms with Crippen molar-refractivity contribution in [3.8, 4) is 0 Å². The van der Waals surface area contributed by atoms with Crippen LogP contribution in [0.3, 0.4) is 0 Å². The third-order valence-corrected chi connectivity index (χ3v) is 3.33. The van der Waals surface area contributed by atoms with Crippen molar-refractivity contribution in [2.24, 2.45) is 0 Å². The molecule has 0 atom stereocenters. The molecule has 0 aromatic carbocycles. The van der Waals surface area contributed by atoms with E-state index in [1.54, 1.807) is 13.8 Å². The molecule has 1 aromatic rings. The van der Waals surface area contributed by atoms with E-state index in [0.29, 0.717) is 0 Å². The van der Waals surface area contributed by atoms with Crippen LogP contribution in [0, 0.1) is 0 Å². The largest absolute Gasteiger partial charge is 0.390 e. The van der Waals surface area contributed by atoms with Crippen LogP contribution in [-0.4, -0.2) is 15.7 Å². The van der Waals surface area contributed by atoms with E-state index in [1.807, 2.05) is 32.0 Å². The van der Waals surface area contributed by atoms with Gasteiger partial charge in [0.15, 0.2) is 0 Å². The molecule has 0 amide bonds. The maximum absolute atomic E-state index is 10.0. The fraction of sp³-hybridized carbons (Fsp3) is 0.545. The minimum absolute atomic E-state index is 0.364. The zero-order valence-corrected chi connectivity index (χ0v) is 10.6. The molecular weight excluding hydrogens is 242 g/mol. The van der Waals surface area contributed by atoms with E-state index in [0.717, 1.165) is 10.3 Å². The molecule has 1 aromatic heterocycles. The van der Waals surface area contributed by atoms with Gasteiger partial charge in [0, 0.05) is 5.41 Å². The van der Waals surface area contributed by atoms with Crippen molar-refractivity contribution in [1.29, 1.82) is 0 Å². The normalized spacial score (nSPS) is 13.0. The molecule has 0 unspecified atom stereocenters. The van der Waals surface area contributed by atoms with Gasteiger partial charge in [-0.15, -0.1) is 0 Å². The van der Waals surface area contributed by atoms with Crippen LogP contribution >= 0.6 is 15.9 Å². The van der Waals surface area contributed by atoms with Crippen LogP contribution in [0.5, 0.6) is 0 Å². The molecular formula is C11H16BrNO. The summed E-state index contributed by atoms with van der Waals surface area (Å²) in [4.78, 5) is 4.37. The van der Waals surface area contributed by atoms with Crippen molar-refractivity contribution in [2.45, 2.75) is 38.7 Å². The Kier molecular flexibility index (Phi) is 3.02. The lowest BCUT2D eigenvalue weighted by atomic mass is 9.74. The van der Waals surface area contributed by atoms with Crippen LogP contribution < -0.4 is 0 Å². The second kappa shape index (κ2) is 3.63. The van der Waals surface area contributed by atoms with Gasteiger partial charge >= 0.3 is 0 Å². The van der Waals surface area contributed by atoms with E-state index in [-0.39, 0.29) is 5.41 Å². The van der Waals surface area contributed by atoms with Crippen molar-refractivity contribution < 1.29 is 5.11 Å². The standard InChI is InChI=1S/C11H16BrNO/c1-10(2,11(3,4)14)8-6-5-7-9(12)13-8/h5-7,14H,1-4H3. The van der Waals surface area contributed by atoms with Crippen molar-refractivity contribution in [3.05, 3.63) is 28.5 Å². The van der Waals surface area contributed by atoms with Gasteiger partial charge in [0.2, 0.25) is 0 Å². The molecule has 0 bridgehead atoms. The number of aliphatic hydroxyl groups is 1. The van der Waals surface area contributed by atoms with Gasteiger partial charge in [-0.3, -0.25) is 0 Å². The Morgan fingerprint density at radius 2 is 1.79 bits per heavy atom. The van der Waals surface area contributed by atoms with Crippen molar-refractivity contribution >= 4 is 15.9 Å². The molecule has 1 rings (SSSR count). The quantitative estimate of drug-likeness (QED) is 0.827. The Balaban J connectivity index is 3.16. The van der Waals surface area contributed by atoms with E-state index >= 15 is 0 Å². The first-order valence-corrected chi connectivity index (χ1v) is 5.40. The number of nitrogens with zero attached hydrogens (tertiary/aromatic N) is 1. The lowest BCUT2D eigenvalue weighted by molar-refractivity contribution is 0.00771. The maximum atomic E-state index is 10.0. The zero-order valence-electron chi connectivity index (χ0n) is 9.00. The molecule has 0 spiro atoms. The molecule has 0 aliphatic carbocycles. The first-order chi connectivity index (χ1) is 6.25. The van der Waals surface area contributed by atoms with Gasteiger partial charge < -0.3 is 5.11 Å². The summed E-state index contributed by atoms with van der Waals surface area (Å²) in [5.41, 5.74) is -0.267. The second-order valence-corrected chi connectivity index (χ2v) is 5.34. The average molecular weight is 258 g/mol. The number of rotatable bonds is 2. The number of hydrogen-bond donors (Lipinski definition) is 1. The van der Waals surface area contributed by atoms with E-state index in [9.17, 15) is 5.11 Å². The summed E-state index contributed by atoms with van der Waals surface area (Å²) in [6, 6.07) is 5.74. The molecule has 78 valence electrons. The summed E-state index contributed by atoms with van der Waals surface area (Å²) >= 11 is 3.33. The highest BCUT2D eigenvalue weighted by Gasteiger charge is 2.37. The molecule has 0 saturated carbocycles. The lowest BCUT2D eigenvalue weighted by Gasteiger charge is -2.36. The van der Waals surface area contributed by atoms with E-state index in [4.69, 9.17) is 0 Å². The Labute approximate surface area is 93.5 Å². The highest BCUT2D eigenvalue weighted by Crippen LogP contribution is 2.33. The zero-order chi connectivity index (χ0) is 11.0. The Morgan fingerprint density at radius 1 is 1.21 bits per heavy atom. The monoisotopic (exact) mass is 257 g/mol. The Morgan fingerprint density at radius 3 is 2.21 bits per heavy atom. The molecule has 1 N–H and O–H groups in total. The lowest BCUT2D eigenvalue weighted by Crippen LogP contribution is -2.43. The predicted octanol–water partition coefficient (Wildman–Crippen LogP) is 2.89. The van der Waals surface area contributed by atoms with Crippen LogP contribution in [0.4, 0.5) is 0 Å². The van der Waals surface area contributed by atoms with Gasteiger partial charge in [-0.2, -0.15) is 0 Å². The molecule has 0 aliphatic rings. The minimum atomic E-state index is -0.791. The van der Waals surface area contributed by atoms with E-state index in [2.05, 4.69) is 20.9 Å². The highest BCUT2D eigenvalue weighted by atomic mass is 79.9. The Hall–Kier alpha value is -0.410. The first kappa shape index (κ1) is 11.7. The fourth-order valence-electron chi connectivity index (χ4n) is 1.07. The number of aromatic nitrogens is 1. The highest BCUT2D eigenvalue weighted by molar-refractivity contribution is 9.10. The van der Waals surface area contributed by atoms with Gasteiger partial charge in [-0.25, -0.2) is 4.98 Å². The van der Waals surface area contributed by atoms with Crippen LogP contribution in [-0.2, 0) is 5.41 Å². The minimum Gasteiger partial charge on any atom is -0.390 e. The molecule has 1 heterocycles. The molecule has 14 heavy (non-hydrogen) atoms. The van der Waals surface area contributed by atoms with Crippen LogP contribution in [0.15, 0.2) is 22.8 Å². The van der Waals surface area contributed by atoms with Crippen molar-refractivity contribution in [1.82, 2.24) is 4.98 Å². The van der Waals surface area contributed by atoms with Gasteiger partial charge in [-0.1, -0.05) is 19.9 Å². The maximum Gasteiger partial charge on any atom is 0.106 e. The topological polar surface area (TPSA) is 33.1 Å². The number of hydrogen-bond acceptors (Lipinski definition) is 2. The number of pyridine rings is 1. The third kappa shape index (κ3) is 2.15. The summed E-state index contributed by atoms with van der Waals surface area (Å²) in [7, 11) is 0. The van der Waals surface area contributed by atoms with E-state index in [1.165, 1.54) is 0 Å². The molecule has 0 saturated heterocycles. The smallest absolute Gasteiger partial charge is 0.106 e. The molecule has 0 fully saturated rings. The summed E-state index contributed by atoms with van der Waals surface area (Å²) in [6.07, 6.45) is 0. The van der Waals surface area contributed by atoms with Crippen molar-refractivity contribution in [3.63, 3.8) is 0 Å². The van der Waals surface area contributed by atoms with Crippen LogP contribution in [0.1, 0.15) is 33.4 Å². The molecule has 2 nitrogen and oxygen atoms in total. The first-order valence-electron chi connectivity index (χ1n) is 4.60. The summed E-state index contributed by atoms with van der Waals surface area (Å²) in [6.45, 7) is 7.58. The third-order valence-electron chi connectivity index (χ3n) is 2.88. The van der Waals surface area contributed by atoms with Gasteiger partial charge in [0.05, 0.1) is 11.3 Å². The van der Waals surface area contributed by atoms with Gasteiger partial charge in [-0.05, 0) is 41.9 Å². The van der Waals surface area contributed by atoms with Crippen molar-refractivity contribution in [2.75, 3.05) is 0 Å². The van der Waals surface area contributed by atoms with E-state index < -0.39 is 5.60 Å². The fourth-order valence-corrected chi connectivity index (χ4v) is 1.41. The Bertz CT molecular complexity index is 328. The van der Waals surface area contributed by atoms with Crippen LogP contribution in [0.25, 0.3) is 0 Å². The number of halogens is 1. The predicted molar refractivity (Wildman–Crippen MR) is 61.3 cm³/mol. The second-order valence-electron chi connectivity index (χ2n) is 4.53. The van der Waals surface area contributed by atoms with Crippen LogP contribution in [0.2, 0.25) is 0 Å². The summed E-state index contributed by atoms with van der Waals surface area (Å²) in [5, 5.41) is 10.0. The summed E-state index contributed by atoms with van der Waals surface area (Å²) < 4.78 is 0.798. The molecule has 3 heteroatoms. The average Bonchev–Trinajstić information content (AvgIpc) is 2.02. The molecule has 0 radical (unpaired) electrons.